The van der Waals surface area contributed by atoms with Gasteiger partial charge >= 0.3 is 0 Å². The zero-order chi connectivity index (χ0) is 10.9. The fourth-order valence-corrected chi connectivity index (χ4v) is 1.36. The van der Waals surface area contributed by atoms with Crippen LogP contribution in [0.4, 0.5) is 0 Å². The molecule has 0 spiro atoms. The van der Waals surface area contributed by atoms with Crippen LogP contribution in [0.1, 0.15) is 25.0 Å². The highest BCUT2D eigenvalue weighted by atomic mass is 16.5. The molecule has 15 heavy (non-hydrogen) atoms. The Balaban J connectivity index is 2.55. The third-order valence-electron chi connectivity index (χ3n) is 2.11. The molecule has 1 unspecified atom stereocenters. The first-order valence-corrected chi connectivity index (χ1v) is 5.42. The van der Waals surface area contributed by atoms with Gasteiger partial charge in [0.05, 0.1) is 6.61 Å². The summed E-state index contributed by atoms with van der Waals surface area (Å²) in [4.78, 5) is 0. The second-order valence-electron chi connectivity index (χ2n) is 3.35. The predicted molar refractivity (Wildman–Crippen MR) is 61.6 cm³/mol. The molecule has 0 N–H and O–H groups in total. The van der Waals surface area contributed by atoms with Gasteiger partial charge in [-0.3, -0.25) is 0 Å². The summed E-state index contributed by atoms with van der Waals surface area (Å²) in [6.07, 6.45) is 1.06. The molecule has 2 heteroatoms. The first-order valence-electron chi connectivity index (χ1n) is 5.42. The Hall–Kier alpha value is -0.860. The van der Waals surface area contributed by atoms with Crippen molar-refractivity contribution in [2.75, 3.05) is 19.8 Å². The van der Waals surface area contributed by atoms with Crippen LogP contribution < -0.4 is 0 Å². The Labute approximate surface area is 92.2 Å². The third kappa shape index (κ3) is 4.45. The normalized spacial score (nSPS) is 12.7. The standard InChI is InChI=1S/C13H19O2/c1-3-10-15-13(11-14-4-2)12-8-6-5-7-9-12/h5-9,13H,2-4,10-11H2,1H3. The van der Waals surface area contributed by atoms with E-state index in [9.17, 15) is 0 Å². The van der Waals surface area contributed by atoms with Crippen LogP contribution in [0.25, 0.3) is 0 Å². The van der Waals surface area contributed by atoms with Crippen molar-refractivity contribution in [1.29, 1.82) is 0 Å². The van der Waals surface area contributed by atoms with Gasteiger partial charge in [0.15, 0.2) is 0 Å². The van der Waals surface area contributed by atoms with Gasteiger partial charge in [-0.1, -0.05) is 37.3 Å². The van der Waals surface area contributed by atoms with Gasteiger partial charge in [0, 0.05) is 13.2 Å². The van der Waals surface area contributed by atoms with Crippen molar-refractivity contribution < 1.29 is 9.47 Å². The van der Waals surface area contributed by atoms with Crippen LogP contribution in [-0.4, -0.2) is 19.8 Å². The van der Waals surface area contributed by atoms with Crippen LogP contribution >= 0.6 is 0 Å². The van der Waals surface area contributed by atoms with Gasteiger partial charge in [-0.2, -0.15) is 0 Å². The van der Waals surface area contributed by atoms with Gasteiger partial charge in [-0.05, 0) is 18.9 Å². The van der Waals surface area contributed by atoms with Crippen LogP contribution in [0.15, 0.2) is 30.3 Å². The Morgan fingerprint density at radius 3 is 2.60 bits per heavy atom. The van der Waals surface area contributed by atoms with Gasteiger partial charge in [0.25, 0.3) is 0 Å². The summed E-state index contributed by atoms with van der Waals surface area (Å²) in [5.41, 5.74) is 1.17. The smallest absolute Gasteiger partial charge is 0.106 e. The maximum atomic E-state index is 5.73. The van der Waals surface area contributed by atoms with E-state index in [1.54, 1.807) is 0 Å². The molecule has 1 radical (unpaired) electrons. The van der Waals surface area contributed by atoms with E-state index in [0.29, 0.717) is 13.2 Å². The Kier molecular flexibility index (Phi) is 6.05. The molecule has 0 bridgehead atoms. The average molecular weight is 207 g/mol. The molecular formula is C13H19O2. The van der Waals surface area contributed by atoms with Crippen LogP contribution in [0.5, 0.6) is 0 Å². The maximum Gasteiger partial charge on any atom is 0.106 e. The zero-order valence-electron chi connectivity index (χ0n) is 9.32. The molecule has 0 aliphatic carbocycles. The number of hydrogen-bond donors (Lipinski definition) is 0. The topological polar surface area (TPSA) is 18.5 Å². The van der Waals surface area contributed by atoms with Crippen LogP contribution in [-0.2, 0) is 9.47 Å². The molecule has 0 saturated heterocycles. The summed E-state index contributed by atoms with van der Waals surface area (Å²) in [7, 11) is 0. The van der Waals surface area contributed by atoms with E-state index in [1.807, 2.05) is 18.2 Å². The Morgan fingerprint density at radius 1 is 1.27 bits per heavy atom. The van der Waals surface area contributed by atoms with E-state index in [-0.39, 0.29) is 6.10 Å². The zero-order valence-corrected chi connectivity index (χ0v) is 9.32. The van der Waals surface area contributed by atoms with Gasteiger partial charge in [0.1, 0.15) is 6.10 Å². The number of rotatable bonds is 7. The van der Waals surface area contributed by atoms with Gasteiger partial charge in [-0.15, -0.1) is 0 Å². The summed E-state index contributed by atoms with van der Waals surface area (Å²) in [5, 5.41) is 0. The third-order valence-corrected chi connectivity index (χ3v) is 2.11. The van der Waals surface area contributed by atoms with Crippen molar-refractivity contribution in [2.45, 2.75) is 19.4 Å². The van der Waals surface area contributed by atoms with Crippen molar-refractivity contribution in [3.05, 3.63) is 42.8 Å². The number of hydrogen-bond acceptors (Lipinski definition) is 2. The lowest BCUT2D eigenvalue weighted by Gasteiger charge is -2.17. The molecule has 0 aromatic heterocycles. The molecular weight excluding hydrogens is 188 g/mol. The van der Waals surface area contributed by atoms with E-state index in [1.165, 1.54) is 5.56 Å². The Bertz CT molecular complexity index is 238. The van der Waals surface area contributed by atoms with Crippen molar-refractivity contribution in [2.24, 2.45) is 0 Å². The maximum absolute atomic E-state index is 5.73. The first-order chi connectivity index (χ1) is 7.38. The SMILES string of the molecule is [CH2]COCC(OCCC)c1ccccc1. The number of ether oxygens (including phenoxy) is 2. The molecule has 0 fully saturated rings. The van der Waals surface area contributed by atoms with E-state index in [0.717, 1.165) is 13.0 Å². The summed E-state index contributed by atoms with van der Waals surface area (Å²) in [6.45, 7) is 7.58. The first kappa shape index (κ1) is 12.2. The summed E-state index contributed by atoms with van der Waals surface area (Å²) < 4.78 is 11.0. The largest absolute Gasteiger partial charge is 0.378 e. The highest BCUT2D eigenvalue weighted by Crippen LogP contribution is 2.17. The molecule has 0 heterocycles. The summed E-state index contributed by atoms with van der Waals surface area (Å²) >= 11 is 0. The van der Waals surface area contributed by atoms with E-state index in [2.05, 4.69) is 26.0 Å². The fourth-order valence-electron chi connectivity index (χ4n) is 1.36. The Morgan fingerprint density at radius 2 is 2.00 bits per heavy atom. The molecule has 0 aliphatic heterocycles. The minimum absolute atomic E-state index is 0.0351. The second-order valence-corrected chi connectivity index (χ2v) is 3.35. The van der Waals surface area contributed by atoms with E-state index in [4.69, 9.17) is 9.47 Å². The molecule has 1 atom stereocenters. The number of benzene rings is 1. The molecule has 0 saturated carbocycles. The molecule has 83 valence electrons. The minimum Gasteiger partial charge on any atom is -0.378 e. The van der Waals surface area contributed by atoms with Gasteiger partial charge in [0.2, 0.25) is 0 Å². The lowest BCUT2D eigenvalue weighted by atomic mass is 10.1. The second kappa shape index (κ2) is 7.43. The van der Waals surface area contributed by atoms with Gasteiger partial charge in [-0.25, -0.2) is 0 Å². The van der Waals surface area contributed by atoms with Crippen molar-refractivity contribution >= 4 is 0 Å². The van der Waals surface area contributed by atoms with Crippen LogP contribution in [0.3, 0.4) is 0 Å². The van der Waals surface area contributed by atoms with Crippen molar-refractivity contribution in [1.82, 2.24) is 0 Å². The van der Waals surface area contributed by atoms with Crippen LogP contribution in [0.2, 0.25) is 0 Å². The monoisotopic (exact) mass is 207 g/mol. The highest BCUT2D eigenvalue weighted by Gasteiger charge is 2.10. The van der Waals surface area contributed by atoms with E-state index >= 15 is 0 Å². The van der Waals surface area contributed by atoms with Crippen molar-refractivity contribution in [3.8, 4) is 0 Å². The molecule has 2 nitrogen and oxygen atoms in total. The molecule has 1 rings (SSSR count). The average Bonchev–Trinajstić information content (AvgIpc) is 2.30. The van der Waals surface area contributed by atoms with Crippen LogP contribution in [0, 0.1) is 6.92 Å². The minimum atomic E-state index is 0.0351. The molecule has 0 aliphatic rings. The summed E-state index contributed by atoms with van der Waals surface area (Å²) in [5.74, 6) is 0. The molecule has 1 aromatic carbocycles. The van der Waals surface area contributed by atoms with Gasteiger partial charge < -0.3 is 9.47 Å². The highest BCUT2D eigenvalue weighted by molar-refractivity contribution is 5.17. The molecule has 1 aromatic rings. The predicted octanol–water partition coefficient (Wildman–Crippen LogP) is 3.00. The lowest BCUT2D eigenvalue weighted by molar-refractivity contribution is -0.0116. The fraction of sp³-hybridized carbons (Fsp3) is 0.462. The lowest BCUT2D eigenvalue weighted by Crippen LogP contribution is -2.12. The van der Waals surface area contributed by atoms with E-state index < -0.39 is 0 Å². The molecule has 0 amide bonds. The van der Waals surface area contributed by atoms with Crippen molar-refractivity contribution in [3.63, 3.8) is 0 Å². The summed E-state index contributed by atoms with van der Waals surface area (Å²) in [6, 6.07) is 10.2. The quantitative estimate of drug-likeness (QED) is 0.684.